The van der Waals surface area contributed by atoms with Gasteiger partial charge in [-0.1, -0.05) is 23.9 Å². The van der Waals surface area contributed by atoms with Gasteiger partial charge >= 0.3 is 0 Å². The number of carbonyl (C=O) groups excluding carboxylic acids is 2. The van der Waals surface area contributed by atoms with E-state index in [4.69, 9.17) is 0 Å². The van der Waals surface area contributed by atoms with Crippen LogP contribution in [-0.4, -0.2) is 46.1 Å². The van der Waals surface area contributed by atoms with E-state index in [2.05, 4.69) is 16.4 Å². The number of thioether (sulfide) groups is 1. The van der Waals surface area contributed by atoms with Crippen molar-refractivity contribution in [2.24, 2.45) is 0 Å². The van der Waals surface area contributed by atoms with E-state index in [0.29, 0.717) is 13.1 Å². The zero-order valence-corrected chi connectivity index (χ0v) is 15.5. The lowest BCUT2D eigenvalue weighted by atomic mass is 10.0. The van der Waals surface area contributed by atoms with Crippen LogP contribution >= 0.6 is 23.1 Å². The molecule has 1 aliphatic heterocycles. The van der Waals surface area contributed by atoms with Gasteiger partial charge in [0.05, 0.1) is 15.5 Å². The van der Waals surface area contributed by atoms with E-state index in [0.717, 1.165) is 27.4 Å². The van der Waals surface area contributed by atoms with Gasteiger partial charge in [-0.3, -0.25) is 9.59 Å². The Morgan fingerprint density at radius 2 is 2.04 bits per heavy atom. The molecule has 0 aliphatic carbocycles. The van der Waals surface area contributed by atoms with Crippen molar-refractivity contribution in [2.45, 2.75) is 42.3 Å². The molecule has 2 amide bonds. The summed E-state index contributed by atoms with van der Waals surface area (Å²) < 4.78 is 2.08. The minimum Gasteiger partial charge on any atom is -0.353 e. The maximum Gasteiger partial charge on any atom is 0.235 e. The van der Waals surface area contributed by atoms with Gasteiger partial charge in [0.25, 0.3) is 0 Å². The maximum atomic E-state index is 12.6. The number of nitrogens with zero attached hydrogens (tertiary/aromatic N) is 2. The standard InChI is InChI=1S/C17H21N3O2S2/c1-11(23-17-19-14-5-3-4-6-15(14)24-17)16(22)20-9-7-13(8-10-20)18-12(2)21/h3-6,11,13H,7-10H2,1-2H3,(H,18,21)/t11-/m1/s1. The summed E-state index contributed by atoms with van der Waals surface area (Å²) in [6.45, 7) is 4.89. The van der Waals surface area contributed by atoms with Crippen LogP contribution in [-0.2, 0) is 9.59 Å². The number of likely N-dealkylation sites (tertiary alicyclic amines) is 1. The number of piperidine rings is 1. The molecule has 0 spiro atoms. The van der Waals surface area contributed by atoms with Crippen molar-refractivity contribution >= 4 is 45.1 Å². The summed E-state index contributed by atoms with van der Waals surface area (Å²) in [6.07, 6.45) is 1.65. The molecule has 1 aromatic carbocycles. The first-order valence-corrected chi connectivity index (χ1v) is 9.80. The van der Waals surface area contributed by atoms with Crippen LogP contribution in [0.2, 0.25) is 0 Å². The predicted molar refractivity (Wildman–Crippen MR) is 98.4 cm³/mol. The van der Waals surface area contributed by atoms with Crippen molar-refractivity contribution in [1.29, 1.82) is 0 Å². The second kappa shape index (κ2) is 7.53. The van der Waals surface area contributed by atoms with Crippen molar-refractivity contribution < 1.29 is 9.59 Å². The Morgan fingerprint density at radius 1 is 1.33 bits per heavy atom. The number of rotatable bonds is 4. The first-order valence-electron chi connectivity index (χ1n) is 8.11. The maximum absolute atomic E-state index is 12.6. The lowest BCUT2D eigenvalue weighted by Crippen LogP contribution is -2.47. The summed E-state index contributed by atoms with van der Waals surface area (Å²) in [5.74, 6) is 0.153. The van der Waals surface area contributed by atoms with E-state index in [-0.39, 0.29) is 23.1 Å². The van der Waals surface area contributed by atoms with Crippen LogP contribution in [0, 0.1) is 0 Å². The van der Waals surface area contributed by atoms with Crippen LogP contribution in [0.15, 0.2) is 28.6 Å². The van der Waals surface area contributed by atoms with Crippen LogP contribution < -0.4 is 5.32 Å². The van der Waals surface area contributed by atoms with Gasteiger partial charge in [0.1, 0.15) is 0 Å². The average molecular weight is 364 g/mol. The summed E-state index contributed by atoms with van der Waals surface area (Å²) in [6, 6.07) is 8.22. The fourth-order valence-electron chi connectivity index (χ4n) is 2.89. The second-order valence-electron chi connectivity index (χ2n) is 6.01. The van der Waals surface area contributed by atoms with Gasteiger partial charge in [0.2, 0.25) is 11.8 Å². The normalized spacial score (nSPS) is 17.0. The highest BCUT2D eigenvalue weighted by atomic mass is 32.2. The van der Waals surface area contributed by atoms with Crippen molar-refractivity contribution in [2.75, 3.05) is 13.1 Å². The fraction of sp³-hybridized carbons (Fsp3) is 0.471. The Bertz CT molecular complexity index is 705. The molecule has 3 rings (SSSR count). The second-order valence-corrected chi connectivity index (χ2v) is 8.63. The number of thiazole rings is 1. The molecule has 7 heteroatoms. The third-order valence-corrected chi connectivity index (χ3v) is 6.33. The summed E-state index contributed by atoms with van der Waals surface area (Å²) in [4.78, 5) is 30.2. The van der Waals surface area contributed by atoms with Crippen LogP contribution in [0.25, 0.3) is 10.2 Å². The summed E-state index contributed by atoms with van der Waals surface area (Å²) in [5, 5.41) is 2.78. The summed E-state index contributed by atoms with van der Waals surface area (Å²) in [7, 11) is 0. The lowest BCUT2D eigenvalue weighted by molar-refractivity contribution is -0.131. The van der Waals surface area contributed by atoms with Crippen LogP contribution in [0.4, 0.5) is 0 Å². The zero-order chi connectivity index (χ0) is 17.1. The Morgan fingerprint density at radius 3 is 2.71 bits per heavy atom. The molecule has 2 heterocycles. The van der Waals surface area contributed by atoms with Gasteiger partial charge in [0.15, 0.2) is 4.34 Å². The van der Waals surface area contributed by atoms with E-state index in [9.17, 15) is 9.59 Å². The van der Waals surface area contributed by atoms with Crippen LogP contribution in [0.1, 0.15) is 26.7 Å². The number of para-hydroxylation sites is 1. The minimum absolute atomic E-state index is 0.000430. The number of fused-ring (bicyclic) bond motifs is 1. The quantitative estimate of drug-likeness (QED) is 0.849. The van der Waals surface area contributed by atoms with Gasteiger partial charge in [-0.05, 0) is 31.9 Å². The molecule has 0 radical (unpaired) electrons. The molecule has 1 atom stereocenters. The van der Waals surface area contributed by atoms with Crippen molar-refractivity contribution in [3.8, 4) is 0 Å². The topological polar surface area (TPSA) is 62.3 Å². The molecule has 1 aromatic heterocycles. The third kappa shape index (κ3) is 4.08. The first-order chi connectivity index (χ1) is 11.5. The molecule has 128 valence electrons. The monoisotopic (exact) mass is 363 g/mol. The largest absolute Gasteiger partial charge is 0.353 e. The van der Waals surface area contributed by atoms with E-state index in [1.54, 1.807) is 11.3 Å². The van der Waals surface area contributed by atoms with Crippen molar-refractivity contribution in [1.82, 2.24) is 15.2 Å². The molecular formula is C17H21N3O2S2. The Hall–Kier alpha value is -1.60. The smallest absolute Gasteiger partial charge is 0.235 e. The lowest BCUT2D eigenvalue weighted by Gasteiger charge is -2.33. The zero-order valence-electron chi connectivity index (χ0n) is 13.8. The SMILES string of the molecule is CC(=O)NC1CCN(C(=O)[C@@H](C)Sc2nc3ccccc3s2)CC1. The van der Waals surface area contributed by atoms with Gasteiger partial charge < -0.3 is 10.2 Å². The van der Waals surface area contributed by atoms with Gasteiger partial charge in [-0.15, -0.1) is 11.3 Å². The molecule has 24 heavy (non-hydrogen) atoms. The molecule has 2 aromatic rings. The highest BCUT2D eigenvalue weighted by molar-refractivity contribution is 8.02. The van der Waals surface area contributed by atoms with E-state index in [1.807, 2.05) is 30.0 Å². The van der Waals surface area contributed by atoms with E-state index < -0.39 is 0 Å². The highest BCUT2D eigenvalue weighted by Crippen LogP contribution is 2.32. The Labute approximate surface area is 149 Å². The molecule has 1 N–H and O–H groups in total. The molecule has 1 aliphatic rings. The Balaban J connectivity index is 1.56. The van der Waals surface area contributed by atoms with Gasteiger partial charge in [-0.25, -0.2) is 4.98 Å². The number of nitrogens with one attached hydrogen (secondary N) is 1. The number of hydrogen-bond donors (Lipinski definition) is 1. The number of aromatic nitrogens is 1. The third-order valence-electron chi connectivity index (χ3n) is 4.11. The number of amides is 2. The molecule has 1 saturated heterocycles. The van der Waals surface area contributed by atoms with Crippen LogP contribution in [0.3, 0.4) is 0 Å². The fourth-order valence-corrected chi connectivity index (χ4v) is 5.19. The molecule has 0 bridgehead atoms. The predicted octanol–water partition coefficient (Wildman–Crippen LogP) is 2.90. The first kappa shape index (κ1) is 17.2. The molecular weight excluding hydrogens is 342 g/mol. The highest BCUT2D eigenvalue weighted by Gasteiger charge is 2.27. The molecule has 5 nitrogen and oxygen atoms in total. The minimum atomic E-state index is -0.150. The van der Waals surface area contributed by atoms with Crippen LogP contribution in [0.5, 0.6) is 0 Å². The Kier molecular flexibility index (Phi) is 5.40. The number of benzene rings is 1. The van der Waals surface area contributed by atoms with Crippen molar-refractivity contribution in [3.05, 3.63) is 24.3 Å². The molecule has 1 fully saturated rings. The number of hydrogen-bond acceptors (Lipinski definition) is 5. The average Bonchev–Trinajstić information content (AvgIpc) is 2.96. The summed E-state index contributed by atoms with van der Waals surface area (Å²) >= 11 is 3.16. The van der Waals surface area contributed by atoms with E-state index in [1.165, 1.54) is 18.7 Å². The molecule has 0 saturated carbocycles. The summed E-state index contributed by atoms with van der Waals surface area (Å²) in [5.41, 5.74) is 0.987. The number of carbonyl (C=O) groups is 2. The molecule has 0 unspecified atom stereocenters. The van der Waals surface area contributed by atoms with Gasteiger partial charge in [0, 0.05) is 26.1 Å². The van der Waals surface area contributed by atoms with E-state index >= 15 is 0 Å². The van der Waals surface area contributed by atoms with Gasteiger partial charge in [-0.2, -0.15) is 0 Å². The van der Waals surface area contributed by atoms with Crippen molar-refractivity contribution in [3.63, 3.8) is 0 Å².